The van der Waals surface area contributed by atoms with Crippen molar-refractivity contribution in [3.05, 3.63) is 29.3 Å². The average Bonchev–Trinajstić information content (AvgIpc) is 3.00. The Hall–Kier alpha value is -1.53. The molecule has 0 radical (unpaired) electrons. The van der Waals surface area contributed by atoms with Crippen LogP contribution in [0.25, 0.3) is 0 Å². The molecule has 0 spiro atoms. The van der Waals surface area contributed by atoms with Gasteiger partial charge in [-0.3, -0.25) is 0 Å². The third-order valence-electron chi connectivity index (χ3n) is 4.17. The SMILES string of the molecule is COc1ccc(C#N)cc1CNCCCC1CCCC1. The number of rotatable bonds is 7. The normalized spacial score (nSPS) is 15.2. The Balaban J connectivity index is 1.74. The minimum Gasteiger partial charge on any atom is -0.496 e. The molecule has 1 aliphatic rings. The summed E-state index contributed by atoms with van der Waals surface area (Å²) >= 11 is 0. The van der Waals surface area contributed by atoms with E-state index < -0.39 is 0 Å². The molecule has 0 aromatic heterocycles. The number of nitrogens with zero attached hydrogens (tertiary/aromatic N) is 1. The minimum absolute atomic E-state index is 0.688. The van der Waals surface area contributed by atoms with Crippen molar-refractivity contribution in [1.29, 1.82) is 5.26 Å². The molecule has 20 heavy (non-hydrogen) atoms. The van der Waals surface area contributed by atoms with Crippen molar-refractivity contribution in [3.63, 3.8) is 0 Å². The standard InChI is InChI=1S/C17H24N2O/c1-20-17-9-8-15(12-18)11-16(17)13-19-10-4-7-14-5-2-3-6-14/h8-9,11,14,19H,2-7,10,13H2,1H3. The van der Waals surface area contributed by atoms with Crippen LogP contribution >= 0.6 is 0 Å². The Morgan fingerprint density at radius 1 is 1.35 bits per heavy atom. The summed E-state index contributed by atoms with van der Waals surface area (Å²) in [4.78, 5) is 0. The lowest BCUT2D eigenvalue weighted by atomic mass is 10.0. The average molecular weight is 272 g/mol. The van der Waals surface area contributed by atoms with Crippen molar-refractivity contribution in [1.82, 2.24) is 5.32 Å². The maximum Gasteiger partial charge on any atom is 0.123 e. The third-order valence-corrected chi connectivity index (χ3v) is 4.17. The molecule has 1 aliphatic carbocycles. The molecule has 0 atom stereocenters. The highest BCUT2D eigenvalue weighted by molar-refractivity contribution is 5.41. The lowest BCUT2D eigenvalue weighted by molar-refractivity contribution is 0.406. The van der Waals surface area contributed by atoms with Gasteiger partial charge in [-0.15, -0.1) is 0 Å². The van der Waals surface area contributed by atoms with Gasteiger partial charge in [0.15, 0.2) is 0 Å². The summed E-state index contributed by atoms with van der Waals surface area (Å²) in [7, 11) is 1.67. The highest BCUT2D eigenvalue weighted by Crippen LogP contribution is 2.28. The van der Waals surface area contributed by atoms with E-state index in [4.69, 9.17) is 10.00 Å². The fraction of sp³-hybridized carbons (Fsp3) is 0.588. The van der Waals surface area contributed by atoms with Gasteiger partial charge in [0.1, 0.15) is 5.75 Å². The van der Waals surface area contributed by atoms with Crippen LogP contribution in [0.2, 0.25) is 0 Å². The summed E-state index contributed by atoms with van der Waals surface area (Å²) in [6.07, 6.45) is 8.30. The highest BCUT2D eigenvalue weighted by Gasteiger charge is 2.13. The Kier molecular flexibility index (Phi) is 5.88. The van der Waals surface area contributed by atoms with Gasteiger partial charge in [-0.05, 0) is 43.5 Å². The quantitative estimate of drug-likeness (QED) is 0.771. The smallest absolute Gasteiger partial charge is 0.123 e. The van der Waals surface area contributed by atoms with Gasteiger partial charge in [-0.2, -0.15) is 5.26 Å². The second-order valence-corrected chi connectivity index (χ2v) is 5.61. The van der Waals surface area contributed by atoms with E-state index in [-0.39, 0.29) is 0 Å². The Labute approximate surface area is 121 Å². The van der Waals surface area contributed by atoms with E-state index in [1.54, 1.807) is 13.2 Å². The zero-order chi connectivity index (χ0) is 14.2. The van der Waals surface area contributed by atoms with E-state index in [0.29, 0.717) is 5.56 Å². The van der Waals surface area contributed by atoms with Crippen LogP contribution in [-0.4, -0.2) is 13.7 Å². The lowest BCUT2D eigenvalue weighted by Crippen LogP contribution is -2.16. The molecule has 2 rings (SSSR count). The molecule has 1 N–H and O–H groups in total. The molecule has 3 nitrogen and oxygen atoms in total. The molecule has 1 aromatic rings. The van der Waals surface area contributed by atoms with Crippen molar-refractivity contribution in [2.75, 3.05) is 13.7 Å². The Morgan fingerprint density at radius 3 is 2.85 bits per heavy atom. The molecule has 3 heteroatoms. The molecule has 0 amide bonds. The number of hydrogen-bond acceptors (Lipinski definition) is 3. The second kappa shape index (κ2) is 7.91. The van der Waals surface area contributed by atoms with Gasteiger partial charge in [-0.25, -0.2) is 0 Å². The number of benzene rings is 1. The van der Waals surface area contributed by atoms with Crippen molar-refractivity contribution in [3.8, 4) is 11.8 Å². The monoisotopic (exact) mass is 272 g/mol. The van der Waals surface area contributed by atoms with Crippen LogP contribution in [0.4, 0.5) is 0 Å². The van der Waals surface area contributed by atoms with Gasteiger partial charge in [-0.1, -0.05) is 25.7 Å². The fourth-order valence-electron chi connectivity index (χ4n) is 3.02. The molecular weight excluding hydrogens is 248 g/mol. The number of methoxy groups -OCH3 is 1. The summed E-state index contributed by atoms with van der Waals surface area (Å²) in [5.41, 5.74) is 1.75. The lowest BCUT2D eigenvalue weighted by Gasteiger charge is -2.11. The van der Waals surface area contributed by atoms with Crippen molar-refractivity contribution in [2.45, 2.75) is 45.1 Å². The zero-order valence-electron chi connectivity index (χ0n) is 12.3. The van der Waals surface area contributed by atoms with Gasteiger partial charge in [0.25, 0.3) is 0 Å². The van der Waals surface area contributed by atoms with Crippen molar-refractivity contribution >= 4 is 0 Å². The molecule has 0 heterocycles. The fourth-order valence-corrected chi connectivity index (χ4v) is 3.02. The number of ether oxygens (including phenoxy) is 1. The predicted octanol–water partition coefficient (Wildman–Crippen LogP) is 3.63. The predicted molar refractivity (Wildman–Crippen MR) is 80.6 cm³/mol. The molecule has 108 valence electrons. The van der Waals surface area contributed by atoms with Crippen molar-refractivity contribution < 1.29 is 4.74 Å². The number of nitrogens with one attached hydrogen (secondary N) is 1. The largest absolute Gasteiger partial charge is 0.496 e. The van der Waals surface area contributed by atoms with Crippen LogP contribution in [0, 0.1) is 17.2 Å². The first-order valence-corrected chi connectivity index (χ1v) is 7.61. The molecule has 0 bridgehead atoms. The molecule has 0 aliphatic heterocycles. The van der Waals surface area contributed by atoms with E-state index in [0.717, 1.165) is 30.3 Å². The molecule has 0 unspecified atom stereocenters. The summed E-state index contributed by atoms with van der Waals surface area (Å²) in [5, 5.41) is 12.4. The van der Waals surface area contributed by atoms with E-state index >= 15 is 0 Å². The Morgan fingerprint density at radius 2 is 2.15 bits per heavy atom. The topological polar surface area (TPSA) is 45.0 Å². The van der Waals surface area contributed by atoms with Crippen molar-refractivity contribution in [2.24, 2.45) is 5.92 Å². The Bertz CT molecular complexity index is 459. The molecule has 1 saturated carbocycles. The van der Waals surface area contributed by atoms with E-state index in [2.05, 4.69) is 11.4 Å². The summed E-state index contributed by atoms with van der Waals surface area (Å²) in [5.74, 6) is 1.82. The summed E-state index contributed by atoms with van der Waals surface area (Å²) in [6.45, 7) is 1.81. The summed E-state index contributed by atoms with van der Waals surface area (Å²) in [6, 6.07) is 7.74. The molecule has 1 aromatic carbocycles. The van der Waals surface area contributed by atoms with E-state index in [1.165, 1.54) is 38.5 Å². The van der Waals surface area contributed by atoms with E-state index in [1.807, 2.05) is 12.1 Å². The van der Waals surface area contributed by atoms with Crippen LogP contribution in [0.5, 0.6) is 5.75 Å². The maximum atomic E-state index is 8.95. The van der Waals surface area contributed by atoms with Crippen LogP contribution in [0.1, 0.15) is 49.7 Å². The maximum absolute atomic E-state index is 8.95. The van der Waals surface area contributed by atoms with Crippen LogP contribution < -0.4 is 10.1 Å². The number of hydrogen-bond donors (Lipinski definition) is 1. The van der Waals surface area contributed by atoms with Gasteiger partial charge in [0.05, 0.1) is 18.7 Å². The highest BCUT2D eigenvalue weighted by atomic mass is 16.5. The first-order valence-electron chi connectivity index (χ1n) is 7.61. The second-order valence-electron chi connectivity index (χ2n) is 5.61. The van der Waals surface area contributed by atoms with Crippen LogP contribution in [-0.2, 0) is 6.54 Å². The third kappa shape index (κ3) is 4.25. The molecule has 1 fully saturated rings. The van der Waals surface area contributed by atoms with Crippen LogP contribution in [0.15, 0.2) is 18.2 Å². The number of nitriles is 1. The molecular formula is C17H24N2O. The first kappa shape index (κ1) is 14.9. The van der Waals surface area contributed by atoms with E-state index in [9.17, 15) is 0 Å². The van der Waals surface area contributed by atoms with Gasteiger partial charge in [0.2, 0.25) is 0 Å². The van der Waals surface area contributed by atoms with Crippen LogP contribution in [0.3, 0.4) is 0 Å². The van der Waals surface area contributed by atoms with Gasteiger partial charge >= 0.3 is 0 Å². The minimum atomic E-state index is 0.688. The molecule has 0 saturated heterocycles. The first-order chi connectivity index (χ1) is 9.83. The zero-order valence-corrected chi connectivity index (χ0v) is 12.3. The summed E-state index contributed by atoms with van der Waals surface area (Å²) < 4.78 is 5.33. The van der Waals surface area contributed by atoms with Gasteiger partial charge in [0, 0.05) is 12.1 Å². The van der Waals surface area contributed by atoms with Gasteiger partial charge < -0.3 is 10.1 Å².